The number of rotatable bonds is 13. The topological polar surface area (TPSA) is 246 Å². The number of aromatic amines is 1. The Balaban J connectivity index is -0.000000199. The van der Waals surface area contributed by atoms with E-state index in [1.165, 1.54) is 4.68 Å². The number of hydrogen-bond donors (Lipinski definition) is 1. The van der Waals surface area contributed by atoms with Gasteiger partial charge in [-0.15, -0.1) is 5.10 Å². The molecule has 1 aromatic heterocycles. The first-order chi connectivity index (χ1) is 22.6. The number of benzene rings is 2. The quantitative estimate of drug-likeness (QED) is 0.0175. The normalized spacial score (nSPS) is 8.60. The van der Waals surface area contributed by atoms with E-state index in [2.05, 4.69) is 34.7 Å². The predicted octanol–water partition coefficient (Wildman–Crippen LogP) is -3.00. The van der Waals surface area contributed by atoms with Crippen LogP contribution in [0.1, 0.15) is 57.7 Å². The first-order valence-electron chi connectivity index (χ1n) is 13.8. The molecular formula is C30H42K2N6O12. The van der Waals surface area contributed by atoms with Crippen LogP contribution in [0.5, 0.6) is 11.5 Å². The van der Waals surface area contributed by atoms with Crippen molar-refractivity contribution in [3.05, 3.63) is 86.1 Å². The number of carbonyl (C=O) groups excluding carboxylic acids is 4. The van der Waals surface area contributed by atoms with Crippen LogP contribution < -0.4 is 123 Å². The monoisotopic (exact) mass is 756 g/mol. The van der Waals surface area contributed by atoms with Gasteiger partial charge >= 0.3 is 126 Å². The maximum absolute atomic E-state index is 12.0. The minimum absolute atomic E-state index is 0. The zero-order valence-electron chi connectivity index (χ0n) is 29.6. The summed E-state index contributed by atoms with van der Waals surface area (Å²) >= 11 is 0. The molecule has 0 radical (unpaired) electrons. The van der Waals surface area contributed by atoms with E-state index in [9.17, 15) is 19.2 Å². The summed E-state index contributed by atoms with van der Waals surface area (Å²) in [6.07, 6.45) is -0.290. The van der Waals surface area contributed by atoms with E-state index in [1.807, 2.05) is 36.4 Å². The van der Waals surface area contributed by atoms with Crippen LogP contribution >= 0.6 is 0 Å². The van der Waals surface area contributed by atoms with Crippen molar-refractivity contribution in [3.8, 4) is 11.5 Å². The molecule has 18 nitrogen and oxygen atoms in total. The van der Waals surface area contributed by atoms with Gasteiger partial charge in [0, 0.05) is 4.91 Å². The van der Waals surface area contributed by atoms with Crippen molar-refractivity contribution in [1.29, 1.82) is 0 Å². The minimum atomic E-state index is -0.720. The van der Waals surface area contributed by atoms with Gasteiger partial charge in [0.25, 0.3) is 6.47 Å². The first-order valence-corrected chi connectivity index (χ1v) is 13.8. The molecule has 2 aromatic carbocycles. The van der Waals surface area contributed by atoms with Crippen molar-refractivity contribution in [2.75, 3.05) is 34.0 Å². The molecule has 0 aliphatic carbocycles. The number of carbonyl (C=O) groups is 4. The third kappa shape index (κ3) is 24.5. The van der Waals surface area contributed by atoms with Gasteiger partial charge in [0.05, 0.1) is 47.1 Å². The molecule has 0 unspecified atom stereocenters. The van der Waals surface area contributed by atoms with Crippen LogP contribution in [0.4, 0.5) is 0 Å². The Morgan fingerprint density at radius 2 is 1.34 bits per heavy atom. The van der Waals surface area contributed by atoms with E-state index in [-0.39, 0.29) is 157 Å². The summed E-state index contributed by atoms with van der Waals surface area (Å²) in [6, 6.07) is 14.7. The van der Waals surface area contributed by atoms with Crippen LogP contribution in [0.2, 0.25) is 0 Å². The number of hydrogen-bond acceptors (Lipinski definition) is 14. The van der Waals surface area contributed by atoms with E-state index >= 15 is 0 Å². The number of ether oxygens (including phenoxy) is 5. The Labute approximate surface area is 376 Å². The molecule has 3 rings (SSSR count). The van der Waals surface area contributed by atoms with Gasteiger partial charge in [-0.2, -0.15) is 0 Å². The van der Waals surface area contributed by atoms with Crippen molar-refractivity contribution < 1.29 is 157 Å². The number of nitrogens with zero attached hydrogens (tertiary/aromatic N) is 5. The summed E-state index contributed by atoms with van der Waals surface area (Å²) in [7, 11) is 3.20. The van der Waals surface area contributed by atoms with Crippen molar-refractivity contribution in [3.63, 3.8) is 0 Å². The Morgan fingerprint density at radius 3 is 1.72 bits per heavy atom. The van der Waals surface area contributed by atoms with Gasteiger partial charge < -0.3 is 35.3 Å². The van der Waals surface area contributed by atoms with Crippen LogP contribution in [0, 0.1) is 0 Å². The van der Waals surface area contributed by atoms with Crippen LogP contribution in [0.25, 0.3) is 10.4 Å². The van der Waals surface area contributed by atoms with Crippen LogP contribution in [-0.2, 0) is 46.6 Å². The van der Waals surface area contributed by atoms with Gasteiger partial charge in [-0.1, -0.05) is 36.8 Å². The number of esters is 3. The molecule has 3 aromatic rings. The fraction of sp³-hybridized carbons (Fsp3) is 0.400. The van der Waals surface area contributed by atoms with Crippen LogP contribution in [-0.4, -0.2) is 73.4 Å². The second kappa shape index (κ2) is 34.8. The van der Waals surface area contributed by atoms with Crippen molar-refractivity contribution >= 4 is 24.4 Å². The molecule has 0 spiro atoms. The van der Waals surface area contributed by atoms with Gasteiger partial charge in [0.2, 0.25) is 5.69 Å². The average Bonchev–Trinajstić information content (AvgIpc) is 3.44. The summed E-state index contributed by atoms with van der Waals surface area (Å²) in [4.78, 5) is 58.6. The molecule has 1 N–H and O–H groups in total. The Morgan fingerprint density at radius 1 is 0.900 bits per heavy atom. The van der Waals surface area contributed by atoms with Crippen molar-refractivity contribution in [2.24, 2.45) is 5.11 Å². The second-order valence-corrected chi connectivity index (χ2v) is 8.24. The third-order valence-electron chi connectivity index (χ3n) is 5.11. The largest absolute Gasteiger partial charge is 1.00 e. The molecule has 0 aliphatic heterocycles. The molecule has 0 atom stereocenters. The van der Waals surface area contributed by atoms with E-state index in [0.29, 0.717) is 6.54 Å². The number of methoxy groups -OCH3 is 2. The summed E-state index contributed by atoms with van der Waals surface area (Å²) in [5.41, 5.74) is 9.19. The summed E-state index contributed by atoms with van der Waals surface area (Å²) in [5.74, 6) is -0.253. The van der Waals surface area contributed by atoms with Gasteiger partial charge in [-0.05, 0) is 61.7 Å². The number of nitrogens with one attached hydrogen (secondary N) is 1. The molecule has 20 heteroatoms. The van der Waals surface area contributed by atoms with E-state index in [1.54, 1.807) is 47.1 Å². The molecule has 1 heterocycles. The summed E-state index contributed by atoms with van der Waals surface area (Å²) < 4.78 is 25.1. The Bertz CT molecular complexity index is 1450. The molecule has 0 saturated carbocycles. The van der Waals surface area contributed by atoms with Crippen LogP contribution in [0.3, 0.4) is 0 Å². The molecule has 0 fully saturated rings. The molecule has 50 heavy (non-hydrogen) atoms. The van der Waals surface area contributed by atoms with Gasteiger partial charge in [-0.3, -0.25) is 19.2 Å². The third-order valence-corrected chi connectivity index (χ3v) is 5.11. The summed E-state index contributed by atoms with van der Waals surface area (Å²) in [5, 5.41) is 18.1. The molecule has 0 bridgehead atoms. The average molecular weight is 757 g/mol. The molecule has 266 valence electrons. The van der Waals surface area contributed by atoms with Gasteiger partial charge in [-0.25, -0.2) is 14.7 Å². The fourth-order valence-corrected chi connectivity index (χ4v) is 3.07. The zero-order valence-corrected chi connectivity index (χ0v) is 34.8. The van der Waals surface area contributed by atoms with Crippen molar-refractivity contribution in [1.82, 2.24) is 15.0 Å². The standard InChI is InChI=1S/C13H15N3O4.C8H9N3O.C7H12O4.CH2O3.CH4.2K.H/c1-3-20-13(18)11-12(17)16(15-14-11)8-9-4-6-10(19-2)7-5-9;1-12-8-4-2-7(3-5-8)6-10-11-9;1-3-10-6(8)5-7(9)11-4-2;2-1-4-3;;;;/h4-7,15H,3,8H2,1-2H3;2-5H,6H2,1H3;3-5H2,1-2H3;1,3H;1H4;;;/q;;;;;2*+1;-1/p-1. The number of H-pyrrole nitrogens is 1. The first kappa shape index (κ1) is 54.2. The van der Waals surface area contributed by atoms with Gasteiger partial charge in [0.1, 0.15) is 17.9 Å². The van der Waals surface area contributed by atoms with E-state index in [0.717, 1.165) is 22.6 Å². The number of azide groups is 1. The smallest absolute Gasteiger partial charge is 1.00 e. The number of aromatic nitrogens is 3. The maximum Gasteiger partial charge on any atom is 1.00 e. The molecular weight excluding hydrogens is 715 g/mol. The molecule has 0 aliphatic rings. The van der Waals surface area contributed by atoms with Crippen molar-refractivity contribution in [2.45, 2.75) is 47.7 Å². The Kier molecular flexibility index (Phi) is 37.7. The predicted molar refractivity (Wildman–Crippen MR) is 170 cm³/mol. The van der Waals surface area contributed by atoms with E-state index in [4.69, 9.17) is 29.8 Å². The zero-order chi connectivity index (χ0) is 35.5. The second-order valence-electron chi connectivity index (χ2n) is 8.24. The minimum Gasteiger partial charge on any atom is -1.00 e. The van der Waals surface area contributed by atoms with Gasteiger partial charge in [0.15, 0.2) is 0 Å². The maximum atomic E-state index is 12.0. The SMILES string of the molecule is C.CCOC(=O)CC(=O)OCC.CCOC(=O)c1n[nH]n(Cc2ccc(OC)cc2)c1=O.COc1ccc(CN=[N+]=[N-])cc1.O=CO[O-].[H-].[K+].[K+]. The summed E-state index contributed by atoms with van der Waals surface area (Å²) in [6.45, 7) is 6.31. The fourth-order valence-electron chi connectivity index (χ4n) is 3.07. The molecule has 0 saturated heterocycles. The Hall–Kier alpha value is -2.60. The molecule has 0 amide bonds. The van der Waals surface area contributed by atoms with E-state index < -0.39 is 23.5 Å². The van der Waals surface area contributed by atoms with Crippen LogP contribution in [0.15, 0.2) is 58.4 Å².